The van der Waals surface area contributed by atoms with Gasteiger partial charge in [0.15, 0.2) is 6.61 Å². The minimum Gasteiger partial charge on any atom is -0.456 e. The molecule has 0 radical (unpaired) electrons. The Bertz CT molecular complexity index is 863. The third kappa shape index (κ3) is 5.90. The van der Waals surface area contributed by atoms with Gasteiger partial charge in [-0.3, -0.25) is 14.4 Å². The van der Waals surface area contributed by atoms with E-state index in [1.807, 2.05) is 0 Å². The average Bonchev–Trinajstić information content (AvgIpc) is 3.50. The van der Waals surface area contributed by atoms with E-state index in [9.17, 15) is 18.8 Å². The fraction of sp³-hybridized carbons (Fsp3) is 0.286. The molecule has 3 rings (SSSR count). The molecule has 1 saturated carbocycles. The Morgan fingerprint density at radius 3 is 2.46 bits per heavy atom. The lowest BCUT2D eigenvalue weighted by Gasteiger charge is -2.11. The number of benzene rings is 2. The van der Waals surface area contributed by atoms with Crippen molar-refractivity contribution in [3.63, 3.8) is 0 Å². The molecule has 0 heterocycles. The van der Waals surface area contributed by atoms with Crippen molar-refractivity contribution in [2.45, 2.75) is 31.7 Å². The molecule has 1 aliphatic carbocycles. The third-order valence-electron chi connectivity index (χ3n) is 4.25. The second-order valence-electron chi connectivity index (χ2n) is 6.63. The molecule has 2 aromatic carbocycles. The Kier molecular flexibility index (Phi) is 6.37. The summed E-state index contributed by atoms with van der Waals surface area (Å²) in [6.45, 7) is -0.444. The Hall–Kier alpha value is -3.22. The number of nitrogens with one attached hydrogen (secondary N) is 2. The van der Waals surface area contributed by atoms with Crippen LogP contribution in [0.15, 0.2) is 48.5 Å². The van der Waals surface area contributed by atoms with E-state index < -0.39 is 18.5 Å². The van der Waals surface area contributed by atoms with Crippen molar-refractivity contribution < 1.29 is 23.5 Å². The molecule has 0 bridgehead atoms. The highest BCUT2D eigenvalue weighted by Gasteiger charge is 2.25. The predicted molar refractivity (Wildman–Crippen MR) is 101 cm³/mol. The molecule has 0 aromatic heterocycles. The second kappa shape index (κ2) is 9.12. The first-order chi connectivity index (χ1) is 13.5. The molecule has 0 atom stereocenters. The second-order valence-corrected chi connectivity index (χ2v) is 6.63. The van der Waals surface area contributed by atoms with E-state index in [0.29, 0.717) is 17.7 Å². The Balaban J connectivity index is 1.45. The number of rotatable bonds is 8. The van der Waals surface area contributed by atoms with Gasteiger partial charge in [-0.1, -0.05) is 24.3 Å². The van der Waals surface area contributed by atoms with E-state index in [1.54, 1.807) is 36.4 Å². The summed E-state index contributed by atoms with van der Waals surface area (Å²) in [6.07, 6.45) is 2.41. The highest BCUT2D eigenvalue weighted by molar-refractivity contribution is 6.04. The van der Waals surface area contributed by atoms with Crippen LogP contribution in [0.25, 0.3) is 0 Å². The lowest BCUT2D eigenvalue weighted by molar-refractivity contribution is -0.147. The highest BCUT2D eigenvalue weighted by Crippen LogP contribution is 2.21. The Morgan fingerprint density at radius 1 is 1.04 bits per heavy atom. The molecule has 146 valence electrons. The van der Waals surface area contributed by atoms with Crippen LogP contribution in [0.2, 0.25) is 0 Å². The summed E-state index contributed by atoms with van der Waals surface area (Å²) in [6, 6.07) is 12.7. The van der Waals surface area contributed by atoms with Crippen molar-refractivity contribution in [3.8, 4) is 0 Å². The van der Waals surface area contributed by atoms with Crippen LogP contribution in [0.4, 0.5) is 10.1 Å². The SMILES string of the molecule is O=C(COC(=O)CCc1ccc(F)cc1)Nc1ccccc1C(=O)NC1CC1. The molecule has 1 fully saturated rings. The molecular formula is C21H21FN2O4. The smallest absolute Gasteiger partial charge is 0.306 e. The Morgan fingerprint density at radius 2 is 1.75 bits per heavy atom. The molecule has 0 spiro atoms. The molecule has 0 saturated heterocycles. The molecular weight excluding hydrogens is 363 g/mol. The normalized spacial score (nSPS) is 12.9. The number of para-hydroxylation sites is 1. The van der Waals surface area contributed by atoms with E-state index in [1.165, 1.54) is 12.1 Å². The number of hydrogen-bond acceptors (Lipinski definition) is 4. The van der Waals surface area contributed by atoms with Gasteiger partial charge in [-0.05, 0) is 49.1 Å². The van der Waals surface area contributed by atoms with Crippen molar-refractivity contribution in [1.82, 2.24) is 5.32 Å². The summed E-state index contributed by atoms with van der Waals surface area (Å²) in [4.78, 5) is 36.1. The van der Waals surface area contributed by atoms with Gasteiger partial charge in [0.2, 0.25) is 0 Å². The summed E-state index contributed by atoms with van der Waals surface area (Å²) in [5.41, 5.74) is 1.54. The molecule has 0 unspecified atom stereocenters. The topological polar surface area (TPSA) is 84.5 Å². The molecule has 7 heteroatoms. The summed E-state index contributed by atoms with van der Waals surface area (Å²) in [7, 11) is 0. The zero-order valence-electron chi connectivity index (χ0n) is 15.2. The van der Waals surface area contributed by atoms with Gasteiger partial charge in [-0.25, -0.2) is 4.39 Å². The van der Waals surface area contributed by atoms with Crippen LogP contribution in [-0.2, 0) is 20.7 Å². The van der Waals surface area contributed by atoms with Crippen LogP contribution >= 0.6 is 0 Å². The number of amides is 2. The van der Waals surface area contributed by atoms with Gasteiger partial charge >= 0.3 is 5.97 Å². The van der Waals surface area contributed by atoms with Gasteiger partial charge in [0.1, 0.15) is 5.82 Å². The van der Waals surface area contributed by atoms with E-state index in [2.05, 4.69) is 10.6 Å². The van der Waals surface area contributed by atoms with Gasteiger partial charge in [0.05, 0.1) is 11.3 Å². The zero-order valence-corrected chi connectivity index (χ0v) is 15.2. The van der Waals surface area contributed by atoms with Crippen LogP contribution in [0.5, 0.6) is 0 Å². The first kappa shape index (κ1) is 19.5. The predicted octanol–water partition coefficient (Wildman–Crippen LogP) is 2.83. The average molecular weight is 384 g/mol. The molecule has 28 heavy (non-hydrogen) atoms. The van der Waals surface area contributed by atoms with Crippen LogP contribution in [0.3, 0.4) is 0 Å². The van der Waals surface area contributed by atoms with Crippen molar-refractivity contribution in [2.24, 2.45) is 0 Å². The van der Waals surface area contributed by atoms with Gasteiger partial charge < -0.3 is 15.4 Å². The number of esters is 1. The summed E-state index contributed by atoms with van der Waals surface area (Å²) >= 11 is 0. The fourth-order valence-electron chi connectivity index (χ4n) is 2.58. The number of halogens is 1. The maximum atomic E-state index is 12.9. The van der Waals surface area contributed by atoms with E-state index in [4.69, 9.17) is 4.74 Å². The van der Waals surface area contributed by atoms with Crippen molar-refractivity contribution in [3.05, 3.63) is 65.5 Å². The van der Waals surface area contributed by atoms with Gasteiger partial charge in [0.25, 0.3) is 11.8 Å². The fourth-order valence-corrected chi connectivity index (χ4v) is 2.58. The van der Waals surface area contributed by atoms with Gasteiger partial charge in [-0.2, -0.15) is 0 Å². The number of carbonyl (C=O) groups is 3. The highest BCUT2D eigenvalue weighted by atomic mass is 19.1. The standard InChI is InChI=1S/C21H21FN2O4/c22-15-8-5-14(6-9-15)7-12-20(26)28-13-19(25)24-18-4-2-1-3-17(18)21(27)23-16-10-11-16/h1-6,8-9,16H,7,10-13H2,(H,23,27)(H,24,25). The largest absolute Gasteiger partial charge is 0.456 e. The van der Waals surface area contributed by atoms with Crippen LogP contribution in [0.1, 0.15) is 35.2 Å². The summed E-state index contributed by atoms with van der Waals surface area (Å²) < 4.78 is 17.8. The van der Waals surface area contributed by atoms with Gasteiger partial charge in [0, 0.05) is 12.5 Å². The number of anilines is 1. The van der Waals surface area contributed by atoms with E-state index in [0.717, 1.165) is 18.4 Å². The molecule has 2 N–H and O–H groups in total. The number of aryl methyl sites for hydroxylation is 1. The zero-order chi connectivity index (χ0) is 19.9. The Labute approximate surface area is 162 Å². The molecule has 6 nitrogen and oxygen atoms in total. The summed E-state index contributed by atoms with van der Waals surface area (Å²) in [5, 5.41) is 5.47. The first-order valence-electron chi connectivity index (χ1n) is 9.11. The van der Waals surface area contributed by atoms with E-state index >= 15 is 0 Å². The molecule has 0 aliphatic heterocycles. The van der Waals surface area contributed by atoms with Crippen molar-refractivity contribution in [1.29, 1.82) is 0 Å². The number of hydrogen-bond donors (Lipinski definition) is 2. The number of ether oxygens (including phenoxy) is 1. The van der Waals surface area contributed by atoms with Crippen LogP contribution in [-0.4, -0.2) is 30.4 Å². The minimum atomic E-state index is -0.528. The van der Waals surface area contributed by atoms with Crippen LogP contribution < -0.4 is 10.6 Å². The molecule has 2 amide bonds. The van der Waals surface area contributed by atoms with Gasteiger partial charge in [-0.15, -0.1) is 0 Å². The maximum absolute atomic E-state index is 12.9. The lowest BCUT2D eigenvalue weighted by Crippen LogP contribution is -2.28. The lowest BCUT2D eigenvalue weighted by atomic mass is 10.1. The third-order valence-corrected chi connectivity index (χ3v) is 4.25. The molecule has 1 aliphatic rings. The van der Waals surface area contributed by atoms with Crippen LogP contribution in [0, 0.1) is 5.82 Å². The quantitative estimate of drug-likeness (QED) is 0.686. The first-order valence-corrected chi connectivity index (χ1v) is 9.11. The van der Waals surface area contributed by atoms with Crippen molar-refractivity contribution >= 4 is 23.5 Å². The van der Waals surface area contributed by atoms with E-state index in [-0.39, 0.29) is 24.2 Å². The minimum absolute atomic E-state index is 0.0826. The molecule has 2 aromatic rings. The summed E-state index contributed by atoms with van der Waals surface area (Å²) in [5.74, 6) is -1.63. The number of carbonyl (C=O) groups excluding carboxylic acids is 3. The monoisotopic (exact) mass is 384 g/mol. The van der Waals surface area contributed by atoms with Crippen molar-refractivity contribution in [2.75, 3.05) is 11.9 Å². The maximum Gasteiger partial charge on any atom is 0.306 e.